The topological polar surface area (TPSA) is 64.9 Å². The number of nitrogens with zero attached hydrogens (tertiary/aromatic N) is 1. The molecular weight excluding hydrogens is 274 g/mol. The second kappa shape index (κ2) is 7.39. The van der Waals surface area contributed by atoms with Crippen molar-refractivity contribution in [2.75, 3.05) is 5.32 Å². The van der Waals surface area contributed by atoms with E-state index in [0.29, 0.717) is 12.1 Å². The van der Waals surface area contributed by atoms with Gasteiger partial charge in [0.15, 0.2) is 0 Å². The van der Waals surface area contributed by atoms with Crippen molar-refractivity contribution in [3.63, 3.8) is 0 Å². The van der Waals surface area contributed by atoms with E-state index in [0.717, 1.165) is 16.8 Å². The Balaban J connectivity index is 2.01. The molecule has 0 aliphatic carbocycles. The Hall–Kier alpha value is -2.64. The van der Waals surface area contributed by atoms with E-state index in [1.54, 1.807) is 6.07 Å². The van der Waals surface area contributed by atoms with Gasteiger partial charge in [0.1, 0.15) is 0 Å². The predicted molar refractivity (Wildman–Crippen MR) is 87.2 cm³/mol. The summed E-state index contributed by atoms with van der Waals surface area (Å²) in [7, 11) is 0. The van der Waals surface area contributed by atoms with E-state index in [9.17, 15) is 4.79 Å². The maximum atomic E-state index is 11.1. The van der Waals surface area contributed by atoms with Crippen LogP contribution in [0, 0.1) is 11.3 Å². The van der Waals surface area contributed by atoms with Gasteiger partial charge in [-0.2, -0.15) is 5.26 Å². The summed E-state index contributed by atoms with van der Waals surface area (Å²) < 4.78 is 0. The van der Waals surface area contributed by atoms with E-state index < -0.39 is 0 Å². The Kier molecular flexibility index (Phi) is 5.29. The summed E-state index contributed by atoms with van der Waals surface area (Å²) in [4.78, 5) is 11.1. The molecule has 0 spiro atoms. The molecule has 0 radical (unpaired) electrons. The molecule has 4 nitrogen and oxygen atoms in total. The molecule has 2 aromatic carbocycles. The van der Waals surface area contributed by atoms with E-state index in [2.05, 4.69) is 23.6 Å². The minimum atomic E-state index is -0.0777. The number of nitrogens with one attached hydrogen (secondary N) is 2. The number of benzene rings is 2. The highest BCUT2D eigenvalue weighted by Crippen LogP contribution is 2.18. The van der Waals surface area contributed by atoms with Gasteiger partial charge in [-0.05, 0) is 42.3 Å². The van der Waals surface area contributed by atoms with E-state index in [4.69, 9.17) is 5.26 Å². The molecule has 2 N–H and O–H groups in total. The largest absolute Gasteiger partial charge is 0.326 e. The Morgan fingerprint density at radius 1 is 1.23 bits per heavy atom. The molecule has 0 aliphatic heterocycles. The van der Waals surface area contributed by atoms with Crippen molar-refractivity contribution >= 4 is 11.6 Å². The smallest absolute Gasteiger partial charge is 0.221 e. The van der Waals surface area contributed by atoms with Crippen molar-refractivity contribution in [1.29, 1.82) is 5.26 Å². The predicted octanol–water partition coefficient (Wildman–Crippen LogP) is 3.37. The zero-order chi connectivity index (χ0) is 15.9. The fraction of sp³-hybridized carbons (Fsp3) is 0.222. The highest BCUT2D eigenvalue weighted by Gasteiger charge is 2.06. The lowest BCUT2D eigenvalue weighted by Gasteiger charge is -2.15. The zero-order valence-electron chi connectivity index (χ0n) is 12.8. The number of anilines is 1. The average molecular weight is 293 g/mol. The molecule has 0 unspecified atom stereocenters. The van der Waals surface area contributed by atoms with Gasteiger partial charge in [0.2, 0.25) is 5.91 Å². The van der Waals surface area contributed by atoms with Crippen molar-refractivity contribution in [3.8, 4) is 6.07 Å². The lowest BCUT2D eigenvalue weighted by molar-refractivity contribution is -0.114. The van der Waals surface area contributed by atoms with Crippen LogP contribution in [0.4, 0.5) is 5.69 Å². The van der Waals surface area contributed by atoms with Crippen LogP contribution in [0.5, 0.6) is 0 Å². The van der Waals surface area contributed by atoms with Crippen molar-refractivity contribution in [2.24, 2.45) is 0 Å². The molecule has 0 bridgehead atoms. The summed E-state index contributed by atoms with van der Waals surface area (Å²) >= 11 is 0. The van der Waals surface area contributed by atoms with Crippen molar-refractivity contribution in [3.05, 3.63) is 65.2 Å². The number of amides is 1. The highest BCUT2D eigenvalue weighted by atomic mass is 16.1. The summed E-state index contributed by atoms with van der Waals surface area (Å²) in [6.45, 7) is 4.25. The van der Waals surface area contributed by atoms with Gasteiger partial charge in [0.25, 0.3) is 0 Å². The Morgan fingerprint density at radius 3 is 2.73 bits per heavy atom. The standard InChI is InChI=1S/C18H19N3O/c1-13(17-7-4-8-18(10-17)21-14(2)22)20-12-16-6-3-5-15(9-16)11-19/h3-10,13,20H,12H2,1-2H3,(H,21,22)/t13-/m0/s1. The van der Waals surface area contributed by atoms with Crippen LogP contribution in [0.1, 0.15) is 36.6 Å². The quantitative estimate of drug-likeness (QED) is 0.888. The molecule has 0 aliphatic rings. The first-order valence-electron chi connectivity index (χ1n) is 7.18. The number of rotatable bonds is 5. The molecule has 4 heteroatoms. The number of nitriles is 1. The molecule has 0 saturated carbocycles. The first-order chi connectivity index (χ1) is 10.6. The molecule has 1 atom stereocenters. The van der Waals surface area contributed by atoms with Gasteiger partial charge in [-0.1, -0.05) is 24.3 Å². The van der Waals surface area contributed by atoms with Crippen LogP contribution in [0.2, 0.25) is 0 Å². The Bertz CT molecular complexity index is 703. The Morgan fingerprint density at radius 2 is 2.00 bits per heavy atom. The van der Waals surface area contributed by atoms with Gasteiger partial charge in [0.05, 0.1) is 11.6 Å². The van der Waals surface area contributed by atoms with Gasteiger partial charge in [0, 0.05) is 25.2 Å². The van der Waals surface area contributed by atoms with Crippen LogP contribution in [-0.2, 0) is 11.3 Å². The molecule has 2 aromatic rings. The van der Waals surface area contributed by atoms with Crippen LogP contribution >= 0.6 is 0 Å². The highest BCUT2D eigenvalue weighted by molar-refractivity contribution is 5.88. The number of carbonyl (C=O) groups excluding carboxylic acids is 1. The molecule has 112 valence electrons. The van der Waals surface area contributed by atoms with Crippen LogP contribution in [0.15, 0.2) is 48.5 Å². The van der Waals surface area contributed by atoms with Gasteiger partial charge in [-0.25, -0.2) is 0 Å². The van der Waals surface area contributed by atoms with E-state index >= 15 is 0 Å². The summed E-state index contributed by atoms with van der Waals surface area (Å²) in [5.74, 6) is -0.0777. The fourth-order valence-electron chi connectivity index (χ4n) is 2.23. The third-order valence-electron chi connectivity index (χ3n) is 3.38. The number of hydrogen-bond donors (Lipinski definition) is 2. The SMILES string of the molecule is CC(=O)Nc1cccc([C@H](C)NCc2cccc(C#N)c2)c1. The third-order valence-corrected chi connectivity index (χ3v) is 3.38. The van der Waals surface area contributed by atoms with Crippen molar-refractivity contribution in [2.45, 2.75) is 26.4 Å². The molecule has 0 saturated heterocycles. The van der Waals surface area contributed by atoms with Gasteiger partial charge < -0.3 is 10.6 Å². The second-order valence-electron chi connectivity index (χ2n) is 5.22. The van der Waals surface area contributed by atoms with E-state index in [1.807, 2.05) is 42.5 Å². The molecule has 1 amide bonds. The Labute approximate surface area is 130 Å². The molecule has 2 rings (SSSR count). The normalized spacial score (nSPS) is 11.5. The monoisotopic (exact) mass is 293 g/mol. The molecule has 22 heavy (non-hydrogen) atoms. The van der Waals surface area contributed by atoms with Gasteiger partial charge >= 0.3 is 0 Å². The summed E-state index contributed by atoms with van der Waals surface area (Å²) in [6.07, 6.45) is 0. The van der Waals surface area contributed by atoms with E-state index in [-0.39, 0.29) is 11.9 Å². The maximum Gasteiger partial charge on any atom is 0.221 e. The summed E-state index contributed by atoms with van der Waals surface area (Å²) in [5, 5.41) is 15.1. The number of carbonyl (C=O) groups is 1. The maximum absolute atomic E-state index is 11.1. The minimum absolute atomic E-state index is 0.0777. The van der Waals surface area contributed by atoms with Gasteiger partial charge in [-0.15, -0.1) is 0 Å². The van der Waals surface area contributed by atoms with Crippen LogP contribution < -0.4 is 10.6 Å². The minimum Gasteiger partial charge on any atom is -0.326 e. The zero-order valence-corrected chi connectivity index (χ0v) is 12.8. The molecule has 0 heterocycles. The van der Waals surface area contributed by atoms with E-state index in [1.165, 1.54) is 6.92 Å². The first-order valence-corrected chi connectivity index (χ1v) is 7.18. The van der Waals surface area contributed by atoms with Crippen LogP contribution in [0.25, 0.3) is 0 Å². The van der Waals surface area contributed by atoms with Crippen molar-refractivity contribution < 1.29 is 4.79 Å². The van der Waals surface area contributed by atoms with Crippen LogP contribution in [0.3, 0.4) is 0 Å². The molecule has 0 aromatic heterocycles. The second-order valence-corrected chi connectivity index (χ2v) is 5.22. The number of hydrogen-bond acceptors (Lipinski definition) is 3. The third kappa shape index (κ3) is 4.44. The lowest BCUT2D eigenvalue weighted by Crippen LogP contribution is -2.18. The fourth-order valence-corrected chi connectivity index (χ4v) is 2.23. The summed E-state index contributed by atoms with van der Waals surface area (Å²) in [5.41, 5.74) is 3.64. The molecule has 0 fully saturated rings. The summed E-state index contributed by atoms with van der Waals surface area (Å²) in [6, 6.07) is 17.6. The lowest BCUT2D eigenvalue weighted by atomic mass is 10.1. The first kappa shape index (κ1) is 15.7. The van der Waals surface area contributed by atoms with Crippen molar-refractivity contribution in [1.82, 2.24) is 5.32 Å². The molecular formula is C18H19N3O. The average Bonchev–Trinajstić information content (AvgIpc) is 2.52. The van der Waals surface area contributed by atoms with Gasteiger partial charge in [-0.3, -0.25) is 4.79 Å². The van der Waals surface area contributed by atoms with Crippen LogP contribution in [-0.4, -0.2) is 5.91 Å².